The number of aliphatic carboxylic acids is 1. The van der Waals surface area contributed by atoms with Crippen LogP contribution in [0.3, 0.4) is 0 Å². The van der Waals surface area contributed by atoms with E-state index in [2.05, 4.69) is 0 Å². The third-order valence-electron chi connectivity index (χ3n) is 5.23. The molecule has 0 saturated carbocycles. The molecule has 1 aromatic rings. The van der Waals surface area contributed by atoms with E-state index >= 15 is 0 Å². The van der Waals surface area contributed by atoms with E-state index in [1.165, 1.54) is 4.90 Å². The van der Waals surface area contributed by atoms with Crippen LogP contribution in [0.1, 0.15) is 26.2 Å². The van der Waals surface area contributed by atoms with Crippen molar-refractivity contribution < 1.29 is 19.5 Å². The fourth-order valence-electron chi connectivity index (χ4n) is 3.63. The predicted molar refractivity (Wildman–Crippen MR) is 98.5 cm³/mol. The SMILES string of the molecule is CC1CCC(C(=O)O)CN1C(=O)C1CCN(c2ccc(Cl)c(Cl)c2)C1=O. The van der Waals surface area contributed by atoms with Crippen LogP contribution in [-0.4, -0.2) is 46.9 Å². The summed E-state index contributed by atoms with van der Waals surface area (Å²) in [7, 11) is 0. The normalized spacial score (nSPS) is 26.3. The average molecular weight is 399 g/mol. The van der Waals surface area contributed by atoms with Crippen LogP contribution in [-0.2, 0) is 14.4 Å². The quantitative estimate of drug-likeness (QED) is 0.793. The number of hydrogen-bond donors (Lipinski definition) is 1. The van der Waals surface area contributed by atoms with Gasteiger partial charge in [-0.05, 0) is 44.4 Å². The van der Waals surface area contributed by atoms with Gasteiger partial charge < -0.3 is 14.9 Å². The van der Waals surface area contributed by atoms with Crippen LogP contribution < -0.4 is 4.90 Å². The smallest absolute Gasteiger partial charge is 0.308 e. The fraction of sp³-hybridized carbons (Fsp3) is 0.500. The topological polar surface area (TPSA) is 77.9 Å². The number of carboxylic acid groups (broad SMARTS) is 1. The Kier molecular flexibility index (Phi) is 5.44. The minimum absolute atomic E-state index is 0.0649. The summed E-state index contributed by atoms with van der Waals surface area (Å²) in [4.78, 5) is 40.1. The van der Waals surface area contributed by atoms with Crippen molar-refractivity contribution in [2.24, 2.45) is 11.8 Å². The number of rotatable bonds is 3. The van der Waals surface area contributed by atoms with Gasteiger partial charge in [-0.2, -0.15) is 0 Å². The number of carbonyl (C=O) groups excluding carboxylic acids is 2. The molecule has 0 radical (unpaired) electrons. The van der Waals surface area contributed by atoms with E-state index in [-0.39, 0.29) is 24.4 Å². The Hall–Kier alpha value is -1.79. The van der Waals surface area contributed by atoms with Crippen molar-refractivity contribution in [1.29, 1.82) is 0 Å². The lowest BCUT2D eigenvalue weighted by molar-refractivity contribution is -0.149. The molecule has 2 fully saturated rings. The van der Waals surface area contributed by atoms with Gasteiger partial charge in [-0.15, -0.1) is 0 Å². The molecule has 2 heterocycles. The van der Waals surface area contributed by atoms with Crippen LogP contribution in [0, 0.1) is 11.8 Å². The van der Waals surface area contributed by atoms with Gasteiger partial charge in [-0.1, -0.05) is 23.2 Å². The Labute approximate surface area is 161 Å². The third-order valence-corrected chi connectivity index (χ3v) is 5.97. The molecule has 0 bridgehead atoms. The second kappa shape index (κ2) is 7.45. The van der Waals surface area contributed by atoms with E-state index in [0.717, 1.165) is 0 Å². The second-order valence-electron chi connectivity index (χ2n) is 6.88. The summed E-state index contributed by atoms with van der Waals surface area (Å²) in [5.74, 6) is -2.81. The van der Waals surface area contributed by atoms with Gasteiger partial charge in [0.15, 0.2) is 0 Å². The van der Waals surface area contributed by atoms with Gasteiger partial charge in [0.05, 0.1) is 16.0 Å². The van der Waals surface area contributed by atoms with Gasteiger partial charge in [0.25, 0.3) is 0 Å². The second-order valence-corrected chi connectivity index (χ2v) is 7.70. The molecule has 6 nitrogen and oxygen atoms in total. The summed E-state index contributed by atoms with van der Waals surface area (Å²) < 4.78 is 0. The van der Waals surface area contributed by atoms with Crippen molar-refractivity contribution in [3.63, 3.8) is 0 Å². The number of likely N-dealkylation sites (tertiary alicyclic amines) is 1. The highest BCUT2D eigenvalue weighted by atomic mass is 35.5. The Morgan fingerprint density at radius 1 is 1.15 bits per heavy atom. The van der Waals surface area contributed by atoms with Crippen LogP contribution in [0.2, 0.25) is 10.0 Å². The summed E-state index contributed by atoms with van der Waals surface area (Å²) >= 11 is 11.9. The zero-order valence-electron chi connectivity index (χ0n) is 14.3. The first-order valence-corrected chi connectivity index (χ1v) is 9.35. The molecular weight excluding hydrogens is 379 g/mol. The van der Waals surface area contributed by atoms with Crippen molar-refractivity contribution in [1.82, 2.24) is 4.90 Å². The van der Waals surface area contributed by atoms with Gasteiger partial charge in [-0.25, -0.2) is 0 Å². The summed E-state index contributed by atoms with van der Waals surface area (Å²) in [5, 5.41) is 9.99. The number of carboxylic acids is 1. The van der Waals surface area contributed by atoms with Gasteiger partial charge >= 0.3 is 5.97 Å². The molecule has 140 valence electrons. The average Bonchev–Trinajstić information content (AvgIpc) is 2.98. The number of anilines is 1. The van der Waals surface area contributed by atoms with Crippen LogP contribution in [0.5, 0.6) is 0 Å². The highest BCUT2D eigenvalue weighted by Gasteiger charge is 2.43. The highest BCUT2D eigenvalue weighted by molar-refractivity contribution is 6.42. The molecule has 2 aliphatic rings. The molecule has 2 amide bonds. The van der Waals surface area contributed by atoms with Crippen molar-refractivity contribution in [2.75, 3.05) is 18.0 Å². The van der Waals surface area contributed by atoms with E-state index in [0.29, 0.717) is 41.5 Å². The fourth-order valence-corrected chi connectivity index (χ4v) is 3.93. The zero-order valence-corrected chi connectivity index (χ0v) is 15.8. The van der Waals surface area contributed by atoms with Gasteiger partial charge in [0.1, 0.15) is 5.92 Å². The molecule has 0 spiro atoms. The first-order chi connectivity index (χ1) is 12.3. The number of piperidine rings is 1. The lowest BCUT2D eigenvalue weighted by Gasteiger charge is -2.37. The predicted octanol–water partition coefficient (Wildman–Crippen LogP) is 3.06. The Balaban J connectivity index is 1.75. The van der Waals surface area contributed by atoms with Crippen molar-refractivity contribution in [2.45, 2.75) is 32.2 Å². The lowest BCUT2D eigenvalue weighted by atomic mass is 9.92. The molecule has 0 aromatic heterocycles. The van der Waals surface area contributed by atoms with Crippen molar-refractivity contribution in [3.8, 4) is 0 Å². The van der Waals surface area contributed by atoms with E-state index < -0.39 is 17.8 Å². The lowest BCUT2D eigenvalue weighted by Crippen LogP contribution is -2.50. The van der Waals surface area contributed by atoms with Crippen molar-refractivity contribution >= 4 is 46.7 Å². The number of nitrogens with zero attached hydrogens (tertiary/aromatic N) is 2. The number of amides is 2. The molecule has 3 atom stereocenters. The maximum Gasteiger partial charge on any atom is 0.308 e. The molecule has 1 aromatic carbocycles. The third kappa shape index (κ3) is 3.53. The molecule has 8 heteroatoms. The Morgan fingerprint density at radius 2 is 1.88 bits per heavy atom. The summed E-state index contributed by atoms with van der Waals surface area (Å²) in [6.45, 7) is 2.47. The molecule has 2 aliphatic heterocycles. The molecule has 2 saturated heterocycles. The molecular formula is C18H20Cl2N2O4. The Bertz CT molecular complexity index is 755. The summed E-state index contributed by atoms with van der Waals surface area (Å²) in [6.07, 6.45) is 1.58. The van der Waals surface area contributed by atoms with E-state index in [1.54, 1.807) is 23.1 Å². The van der Waals surface area contributed by atoms with E-state index in [9.17, 15) is 19.5 Å². The number of halogens is 2. The summed E-state index contributed by atoms with van der Waals surface area (Å²) in [5.41, 5.74) is 0.606. The minimum Gasteiger partial charge on any atom is -0.481 e. The summed E-state index contributed by atoms with van der Waals surface area (Å²) in [6, 6.07) is 4.86. The highest BCUT2D eigenvalue weighted by Crippen LogP contribution is 2.33. The zero-order chi connectivity index (χ0) is 19.0. The van der Waals surface area contributed by atoms with Crippen LogP contribution in [0.15, 0.2) is 18.2 Å². The molecule has 0 aliphatic carbocycles. The van der Waals surface area contributed by atoms with Crippen molar-refractivity contribution in [3.05, 3.63) is 28.2 Å². The number of hydrogen-bond acceptors (Lipinski definition) is 3. The first-order valence-electron chi connectivity index (χ1n) is 8.59. The number of benzene rings is 1. The minimum atomic E-state index is -0.898. The van der Waals surface area contributed by atoms with Gasteiger partial charge in [0, 0.05) is 24.8 Å². The standard InChI is InChI=1S/C18H20Cl2N2O4/c1-10-2-3-11(18(25)26)9-22(10)17(24)13-6-7-21(16(13)23)12-4-5-14(19)15(20)8-12/h4-5,8,10-11,13H,2-3,6-7,9H2,1H3,(H,25,26). The first kappa shape index (κ1) is 19.0. The maximum atomic E-state index is 12.9. The molecule has 3 unspecified atom stereocenters. The largest absolute Gasteiger partial charge is 0.481 e. The van der Waals surface area contributed by atoms with Crippen LogP contribution >= 0.6 is 23.2 Å². The Morgan fingerprint density at radius 3 is 2.54 bits per heavy atom. The van der Waals surface area contributed by atoms with Crippen LogP contribution in [0.25, 0.3) is 0 Å². The van der Waals surface area contributed by atoms with E-state index in [4.69, 9.17) is 23.2 Å². The van der Waals surface area contributed by atoms with Gasteiger partial charge in [-0.3, -0.25) is 14.4 Å². The monoisotopic (exact) mass is 398 g/mol. The van der Waals surface area contributed by atoms with E-state index in [1.807, 2.05) is 6.92 Å². The molecule has 26 heavy (non-hydrogen) atoms. The van der Waals surface area contributed by atoms with Crippen LogP contribution in [0.4, 0.5) is 5.69 Å². The van der Waals surface area contributed by atoms with Gasteiger partial charge in [0.2, 0.25) is 11.8 Å². The maximum absolute atomic E-state index is 12.9. The molecule has 1 N–H and O–H groups in total. The molecule has 3 rings (SSSR count). The number of carbonyl (C=O) groups is 3.